The molecule has 0 amide bonds. The molecule has 0 fully saturated rings. The predicted molar refractivity (Wildman–Crippen MR) is 47.9 cm³/mol. The second-order valence-corrected chi connectivity index (χ2v) is 3.57. The van der Waals surface area contributed by atoms with Crippen molar-refractivity contribution in [2.75, 3.05) is 0 Å². The van der Waals surface area contributed by atoms with Gasteiger partial charge in [-0.05, 0) is 26.7 Å². The van der Waals surface area contributed by atoms with Gasteiger partial charge in [0.2, 0.25) is 0 Å². The average molecular weight is 166 g/mol. The van der Waals surface area contributed by atoms with E-state index in [2.05, 4.69) is 6.08 Å². The van der Waals surface area contributed by atoms with Crippen LogP contribution in [0.15, 0.2) is 23.8 Å². The van der Waals surface area contributed by atoms with Crippen molar-refractivity contribution in [2.45, 2.75) is 26.7 Å². The maximum atomic E-state index is 10.9. The van der Waals surface area contributed by atoms with Crippen LogP contribution in [0.25, 0.3) is 0 Å². The number of rotatable bonds is 2. The van der Waals surface area contributed by atoms with Gasteiger partial charge in [-0.2, -0.15) is 0 Å². The molecule has 1 N–H and O–H groups in total. The first-order valence-corrected chi connectivity index (χ1v) is 4.13. The van der Waals surface area contributed by atoms with E-state index >= 15 is 0 Å². The molecule has 1 rings (SSSR count). The molecule has 0 saturated carbocycles. The minimum atomic E-state index is -0.746. The van der Waals surface area contributed by atoms with Gasteiger partial charge in [0.25, 0.3) is 0 Å². The summed E-state index contributed by atoms with van der Waals surface area (Å²) >= 11 is 0. The SMILES string of the molecule is CC(C)(C(=O)O)C1=CCC=CC1. The minimum Gasteiger partial charge on any atom is -0.481 e. The Balaban J connectivity index is 2.81. The van der Waals surface area contributed by atoms with Gasteiger partial charge in [0.1, 0.15) is 0 Å². The number of carbonyl (C=O) groups is 1. The van der Waals surface area contributed by atoms with Gasteiger partial charge in [-0.25, -0.2) is 0 Å². The van der Waals surface area contributed by atoms with Crippen LogP contribution in [0.1, 0.15) is 26.7 Å². The zero-order chi connectivity index (χ0) is 9.19. The third-order valence-electron chi connectivity index (χ3n) is 2.34. The summed E-state index contributed by atoms with van der Waals surface area (Å²) in [7, 11) is 0. The fraction of sp³-hybridized carbons (Fsp3) is 0.500. The van der Waals surface area contributed by atoms with Gasteiger partial charge in [-0.1, -0.05) is 23.8 Å². The van der Waals surface area contributed by atoms with Gasteiger partial charge in [0.15, 0.2) is 0 Å². The van der Waals surface area contributed by atoms with Crippen LogP contribution in [-0.4, -0.2) is 11.1 Å². The van der Waals surface area contributed by atoms with Crippen LogP contribution in [0.3, 0.4) is 0 Å². The molecule has 0 spiro atoms. The molecule has 66 valence electrons. The van der Waals surface area contributed by atoms with E-state index in [0.717, 1.165) is 18.4 Å². The summed E-state index contributed by atoms with van der Waals surface area (Å²) in [6, 6.07) is 0. The van der Waals surface area contributed by atoms with Gasteiger partial charge in [-0.15, -0.1) is 0 Å². The third kappa shape index (κ3) is 1.58. The van der Waals surface area contributed by atoms with Gasteiger partial charge >= 0.3 is 5.97 Å². The number of hydrogen-bond acceptors (Lipinski definition) is 1. The van der Waals surface area contributed by atoms with Crippen LogP contribution < -0.4 is 0 Å². The molecular formula is C10H14O2. The van der Waals surface area contributed by atoms with Gasteiger partial charge < -0.3 is 5.11 Å². The molecule has 0 aromatic heterocycles. The first kappa shape index (κ1) is 9.04. The maximum absolute atomic E-state index is 10.9. The summed E-state index contributed by atoms with van der Waals surface area (Å²) in [5, 5.41) is 8.93. The van der Waals surface area contributed by atoms with Crippen molar-refractivity contribution in [1.29, 1.82) is 0 Å². The quantitative estimate of drug-likeness (QED) is 0.639. The molecule has 2 nitrogen and oxygen atoms in total. The maximum Gasteiger partial charge on any atom is 0.313 e. The molecule has 1 aliphatic rings. The van der Waals surface area contributed by atoms with Crippen LogP contribution in [0.2, 0.25) is 0 Å². The summed E-state index contributed by atoms with van der Waals surface area (Å²) in [4.78, 5) is 10.9. The lowest BCUT2D eigenvalue weighted by molar-refractivity contribution is -0.144. The van der Waals surface area contributed by atoms with Crippen molar-refractivity contribution in [2.24, 2.45) is 5.41 Å². The Morgan fingerprint density at radius 1 is 1.50 bits per heavy atom. The highest BCUT2D eigenvalue weighted by molar-refractivity contribution is 5.77. The first-order valence-electron chi connectivity index (χ1n) is 4.13. The summed E-state index contributed by atoms with van der Waals surface area (Å²) in [5.41, 5.74) is 0.308. The highest BCUT2D eigenvalue weighted by atomic mass is 16.4. The van der Waals surface area contributed by atoms with E-state index in [-0.39, 0.29) is 0 Å². The fourth-order valence-corrected chi connectivity index (χ4v) is 1.25. The van der Waals surface area contributed by atoms with Crippen LogP contribution in [-0.2, 0) is 4.79 Å². The van der Waals surface area contributed by atoms with Crippen LogP contribution >= 0.6 is 0 Å². The fourth-order valence-electron chi connectivity index (χ4n) is 1.25. The van der Waals surface area contributed by atoms with Gasteiger partial charge in [0, 0.05) is 0 Å². The normalized spacial score (nSPS) is 17.3. The first-order chi connectivity index (χ1) is 5.55. The molecular weight excluding hydrogens is 152 g/mol. The summed E-state index contributed by atoms with van der Waals surface area (Å²) in [6.07, 6.45) is 7.74. The van der Waals surface area contributed by atoms with E-state index in [4.69, 9.17) is 5.11 Å². The number of allylic oxidation sites excluding steroid dienone is 3. The lowest BCUT2D eigenvalue weighted by Crippen LogP contribution is -2.26. The largest absolute Gasteiger partial charge is 0.481 e. The second kappa shape index (κ2) is 3.13. The highest BCUT2D eigenvalue weighted by Crippen LogP contribution is 2.31. The Labute approximate surface area is 72.6 Å². The van der Waals surface area contributed by atoms with Crippen LogP contribution in [0, 0.1) is 5.41 Å². The molecule has 0 unspecified atom stereocenters. The molecule has 0 heterocycles. The lowest BCUT2D eigenvalue weighted by Gasteiger charge is -2.23. The number of carboxylic acid groups (broad SMARTS) is 1. The summed E-state index contributed by atoms with van der Waals surface area (Å²) in [5.74, 6) is -0.746. The van der Waals surface area contributed by atoms with E-state index in [1.165, 1.54) is 0 Å². The molecule has 0 aromatic rings. The average Bonchev–Trinajstić information content (AvgIpc) is 2.06. The molecule has 0 aliphatic heterocycles. The van der Waals surface area contributed by atoms with Crippen molar-refractivity contribution in [3.63, 3.8) is 0 Å². The van der Waals surface area contributed by atoms with E-state index in [9.17, 15) is 4.79 Å². The van der Waals surface area contributed by atoms with Crippen molar-refractivity contribution in [1.82, 2.24) is 0 Å². The zero-order valence-corrected chi connectivity index (χ0v) is 7.50. The molecule has 0 radical (unpaired) electrons. The van der Waals surface area contributed by atoms with E-state index in [1.807, 2.05) is 12.2 Å². The van der Waals surface area contributed by atoms with Crippen molar-refractivity contribution < 1.29 is 9.90 Å². The van der Waals surface area contributed by atoms with Crippen molar-refractivity contribution in [3.8, 4) is 0 Å². The van der Waals surface area contributed by atoms with E-state index in [0.29, 0.717) is 0 Å². The molecule has 1 aliphatic carbocycles. The Morgan fingerprint density at radius 2 is 2.17 bits per heavy atom. The third-order valence-corrected chi connectivity index (χ3v) is 2.34. The molecule has 0 aromatic carbocycles. The number of hydrogen-bond donors (Lipinski definition) is 1. The Hall–Kier alpha value is -1.05. The summed E-state index contributed by atoms with van der Waals surface area (Å²) < 4.78 is 0. The van der Waals surface area contributed by atoms with E-state index < -0.39 is 11.4 Å². The predicted octanol–water partition coefficient (Wildman–Crippen LogP) is 2.37. The monoisotopic (exact) mass is 166 g/mol. The number of carboxylic acids is 1. The molecule has 0 atom stereocenters. The standard InChI is InChI=1S/C10H14O2/c1-10(2,9(11)12)8-6-4-3-5-7-8/h3-4,7H,5-6H2,1-2H3,(H,11,12). The topological polar surface area (TPSA) is 37.3 Å². The van der Waals surface area contributed by atoms with Crippen LogP contribution in [0.4, 0.5) is 0 Å². The molecule has 0 bridgehead atoms. The van der Waals surface area contributed by atoms with E-state index in [1.54, 1.807) is 13.8 Å². The molecule has 2 heteroatoms. The Bertz CT molecular complexity index is 247. The van der Waals surface area contributed by atoms with Gasteiger partial charge in [0.05, 0.1) is 5.41 Å². The second-order valence-electron chi connectivity index (χ2n) is 3.57. The van der Waals surface area contributed by atoms with Crippen molar-refractivity contribution in [3.05, 3.63) is 23.8 Å². The number of aliphatic carboxylic acids is 1. The molecule has 12 heavy (non-hydrogen) atoms. The van der Waals surface area contributed by atoms with Crippen molar-refractivity contribution >= 4 is 5.97 Å². The summed E-state index contributed by atoms with van der Waals surface area (Å²) in [6.45, 7) is 3.50. The minimum absolute atomic E-state index is 0.704. The Kier molecular flexibility index (Phi) is 2.36. The highest BCUT2D eigenvalue weighted by Gasteiger charge is 2.30. The smallest absolute Gasteiger partial charge is 0.313 e. The Morgan fingerprint density at radius 3 is 2.58 bits per heavy atom. The lowest BCUT2D eigenvalue weighted by atomic mass is 9.80. The molecule has 0 saturated heterocycles. The van der Waals surface area contributed by atoms with Crippen LogP contribution in [0.5, 0.6) is 0 Å². The van der Waals surface area contributed by atoms with Gasteiger partial charge in [-0.3, -0.25) is 4.79 Å². The zero-order valence-electron chi connectivity index (χ0n) is 7.50.